The van der Waals surface area contributed by atoms with Crippen LogP contribution in [0.5, 0.6) is 0 Å². The summed E-state index contributed by atoms with van der Waals surface area (Å²) in [5.74, 6) is 0.326. The number of hydrogen-bond acceptors (Lipinski definition) is 5. The molecule has 0 saturated carbocycles. The molecular weight excluding hydrogens is 198 g/mol. The fourth-order valence-electron chi connectivity index (χ4n) is 0.905. The zero-order valence-corrected chi connectivity index (χ0v) is 9.02. The Morgan fingerprint density at radius 2 is 2.20 bits per heavy atom. The Balaban J connectivity index is 2.47. The van der Waals surface area contributed by atoms with Gasteiger partial charge in [0.05, 0.1) is 6.54 Å². The lowest BCUT2D eigenvalue weighted by Crippen LogP contribution is -2.33. The molecule has 1 aromatic rings. The maximum atomic E-state index is 10.5. The third-order valence-corrected chi connectivity index (χ3v) is 1.91. The van der Waals surface area contributed by atoms with Gasteiger partial charge >= 0.3 is 5.97 Å². The Morgan fingerprint density at radius 3 is 2.67 bits per heavy atom. The molecule has 0 aromatic carbocycles. The molecule has 0 saturated heterocycles. The summed E-state index contributed by atoms with van der Waals surface area (Å²) in [4.78, 5) is 14.6. The third-order valence-electron chi connectivity index (χ3n) is 1.91. The van der Waals surface area contributed by atoms with E-state index in [1.807, 2.05) is 13.8 Å². The van der Waals surface area contributed by atoms with E-state index in [0.29, 0.717) is 18.3 Å². The molecule has 0 bridgehead atoms. The van der Waals surface area contributed by atoms with Crippen molar-refractivity contribution in [2.24, 2.45) is 0 Å². The number of carbonyl (C=O) groups is 1. The van der Waals surface area contributed by atoms with Gasteiger partial charge in [-0.05, 0) is 6.92 Å². The van der Waals surface area contributed by atoms with Crippen LogP contribution in [0.2, 0.25) is 0 Å². The van der Waals surface area contributed by atoms with Crippen molar-refractivity contribution >= 4 is 5.97 Å². The highest BCUT2D eigenvalue weighted by Gasteiger charge is 2.13. The van der Waals surface area contributed by atoms with E-state index in [-0.39, 0.29) is 5.92 Å². The van der Waals surface area contributed by atoms with Gasteiger partial charge in [-0.15, -0.1) is 0 Å². The van der Waals surface area contributed by atoms with Crippen molar-refractivity contribution in [2.75, 3.05) is 0 Å². The quantitative estimate of drug-likeness (QED) is 0.750. The molecule has 6 nitrogen and oxygen atoms in total. The van der Waals surface area contributed by atoms with E-state index >= 15 is 0 Å². The maximum absolute atomic E-state index is 10.5. The van der Waals surface area contributed by atoms with Crippen LogP contribution in [0.15, 0.2) is 4.52 Å². The van der Waals surface area contributed by atoms with Crippen molar-refractivity contribution in [1.82, 2.24) is 15.5 Å². The Labute approximate surface area is 87.7 Å². The predicted molar refractivity (Wildman–Crippen MR) is 52.3 cm³/mol. The number of aliphatic carboxylic acids is 1. The minimum atomic E-state index is -0.900. The lowest BCUT2D eigenvalue weighted by atomic mass is 10.2. The first-order chi connectivity index (χ1) is 7.00. The smallest absolute Gasteiger partial charge is 0.320 e. The second kappa shape index (κ2) is 4.88. The average molecular weight is 213 g/mol. The van der Waals surface area contributed by atoms with E-state index in [2.05, 4.69) is 15.5 Å². The van der Waals surface area contributed by atoms with Crippen LogP contribution in [0.1, 0.15) is 38.4 Å². The second-order valence-electron chi connectivity index (χ2n) is 3.64. The normalized spacial score (nSPS) is 13.1. The Bertz CT molecular complexity index is 335. The number of hydrogen-bond donors (Lipinski definition) is 2. The molecule has 1 aromatic heterocycles. The maximum Gasteiger partial charge on any atom is 0.320 e. The third kappa shape index (κ3) is 3.32. The molecule has 1 atom stereocenters. The monoisotopic (exact) mass is 213 g/mol. The van der Waals surface area contributed by atoms with Crippen LogP contribution in [0, 0.1) is 0 Å². The molecule has 2 N–H and O–H groups in total. The van der Waals surface area contributed by atoms with Gasteiger partial charge in [0.25, 0.3) is 0 Å². The zero-order chi connectivity index (χ0) is 11.4. The van der Waals surface area contributed by atoms with Crippen molar-refractivity contribution in [3.05, 3.63) is 11.7 Å². The average Bonchev–Trinajstić information content (AvgIpc) is 2.62. The van der Waals surface area contributed by atoms with Crippen LogP contribution in [0.4, 0.5) is 0 Å². The van der Waals surface area contributed by atoms with Crippen molar-refractivity contribution in [3.63, 3.8) is 0 Å². The lowest BCUT2D eigenvalue weighted by molar-refractivity contribution is -0.139. The molecule has 15 heavy (non-hydrogen) atoms. The summed E-state index contributed by atoms with van der Waals surface area (Å²) in [6, 6.07) is -0.619. The van der Waals surface area contributed by atoms with Crippen LogP contribution in [0.25, 0.3) is 0 Å². The van der Waals surface area contributed by atoms with E-state index in [1.54, 1.807) is 6.92 Å². The molecule has 6 heteroatoms. The molecular formula is C9H15N3O3. The molecule has 0 amide bonds. The van der Waals surface area contributed by atoms with Gasteiger partial charge in [-0.3, -0.25) is 10.1 Å². The van der Waals surface area contributed by atoms with Crippen molar-refractivity contribution in [3.8, 4) is 0 Å². The standard InChI is InChI=1S/C9H15N3O3/c1-5(2)8-11-7(12-15-8)4-10-6(3)9(13)14/h5-6,10H,4H2,1-3H3,(H,13,14)/t6-/m1/s1. The summed E-state index contributed by atoms with van der Waals surface area (Å²) in [5.41, 5.74) is 0. The van der Waals surface area contributed by atoms with Crippen LogP contribution in [-0.4, -0.2) is 27.3 Å². The first kappa shape index (κ1) is 11.6. The van der Waals surface area contributed by atoms with Gasteiger partial charge in [0, 0.05) is 5.92 Å². The summed E-state index contributed by atoms with van der Waals surface area (Å²) in [5, 5.41) is 15.1. The van der Waals surface area contributed by atoms with Crippen LogP contribution in [-0.2, 0) is 11.3 Å². The minimum Gasteiger partial charge on any atom is -0.480 e. The zero-order valence-electron chi connectivity index (χ0n) is 9.02. The molecule has 1 heterocycles. The van der Waals surface area contributed by atoms with Gasteiger partial charge in [0.2, 0.25) is 5.89 Å². The van der Waals surface area contributed by atoms with E-state index in [0.717, 1.165) is 0 Å². The van der Waals surface area contributed by atoms with Crippen molar-refractivity contribution in [2.45, 2.75) is 39.3 Å². The van der Waals surface area contributed by atoms with E-state index < -0.39 is 12.0 Å². The molecule has 0 radical (unpaired) electrons. The molecule has 0 unspecified atom stereocenters. The van der Waals surface area contributed by atoms with E-state index in [4.69, 9.17) is 9.63 Å². The van der Waals surface area contributed by atoms with Crippen LogP contribution in [0.3, 0.4) is 0 Å². The summed E-state index contributed by atoms with van der Waals surface area (Å²) in [6.07, 6.45) is 0. The second-order valence-corrected chi connectivity index (χ2v) is 3.64. The summed E-state index contributed by atoms with van der Waals surface area (Å²) >= 11 is 0. The molecule has 0 aliphatic rings. The minimum absolute atomic E-state index is 0.183. The highest BCUT2D eigenvalue weighted by atomic mass is 16.5. The fraction of sp³-hybridized carbons (Fsp3) is 0.667. The highest BCUT2D eigenvalue weighted by Crippen LogP contribution is 2.10. The number of nitrogens with one attached hydrogen (secondary N) is 1. The number of rotatable bonds is 5. The Morgan fingerprint density at radius 1 is 1.53 bits per heavy atom. The van der Waals surface area contributed by atoms with Gasteiger partial charge in [0.15, 0.2) is 5.82 Å². The van der Waals surface area contributed by atoms with Gasteiger partial charge in [-0.1, -0.05) is 19.0 Å². The molecule has 0 spiro atoms. The largest absolute Gasteiger partial charge is 0.480 e. The molecule has 0 fully saturated rings. The van der Waals surface area contributed by atoms with E-state index in [1.165, 1.54) is 0 Å². The first-order valence-corrected chi connectivity index (χ1v) is 4.79. The highest BCUT2D eigenvalue weighted by molar-refractivity contribution is 5.72. The SMILES string of the molecule is CC(C)c1nc(CN[C@H](C)C(=O)O)no1. The van der Waals surface area contributed by atoms with E-state index in [9.17, 15) is 4.79 Å². The van der Waals surface area contributed by atoms with Gasteiger partial charge < -0.3 is 9.63 Å². The Hall–Kier alpha value is -1.43. The summed E-state index contributed by atoms with van der Waals surface area (Å²) < 4.78 is 4.97. The molecule has 0 aliphatic heterocycles. The number of nitrogens with zero attached hydrogens (tertiary/aromatic N) is 2. The first-order valence-electron chi connectivity index (χ1n) is 4.79. The van der Waals surface area contributed by atoms with Crippen molar-refractivity contribution < 1.29 is 14.4 Å². The summed E-state index contributed by atoms with van der Waals surface area (Å²) in [6.45, 7) is 5.75. The van der Waals surface area contributed by atoms with Crippen molar-refractivity contribution in [1.29, 1.82) is 0 Å². The lowest BCUT2D eigenvalue weighted by Gasteiger charge is -2.05. The number of carboxylic acid groups (broad SMARTS) is 1. The fourth-order valence-corrected chi connectivity index (χ4v) is 0.905. The molecule has 0 aliphatic carbocycles. The Kier molecular flexibility index (Phi) is 3.79. The van der Waals surface area contributed by atoms with Crippen LogP contribution >= 0.6 is 0 Å². The van der Waals surface area contributed by atoms with Gasteiger partial charge in [0.1, 0.15) is 6.04 Å². The number of aromatic nitrogens is 2. The number of carboxylic acids is 1. The molecule has 84 valence electrons. The topological polar surface area (TPSA) is 88.2 Å². The van der Waals surface area contributed by atoms with Gasteiger partial charge in [-0.2, -0.15) is 4.98 Å². The molecule has 1 rings (SSSR count). The van der Waals surface area contributed by atoms with Gasteiger partial charge in [-0.25, -0.2) is 0 Å². The summed E-state index contributed by atoms with van der Waals surface area (Å²) in [7, 11) is 0. The van der Waals surface area contributed by atoms with Crippen LogP contribution < -0.4 is 5.32 Å². The predicted octanol–water partition coefficient (Wildman–Crippen LogP) is 0.756.